The van der Waals surface area contributed by atoms with E-state index in [-0.39, 0.29) is 18.5 Å². The van der Waals surface area contributed by atoms with Gasteiger partial charge in [-0.05, 0) is 77.6 Å². The molecule has 1 amide bonds. The Morgan fingerprint density at radius 1 is 0.494 bits per heavy atom. The Morgan fingerprint density at radius 2 is 0.896 bits per heavy atom. The molecule has 1 rings (SSSR count). The fraction of sp³-hybridized carbons (Fsp3) is 0.848. The second kappa shape index (κ2) is 55.5. The van der Waals surface area contributed by atoms with Crippen molar-refractivity contribution < 1.29 is 49.3 Å². The van der Waals surface area contributed by atoms with Crippen molar-refractivity contribution >= 4 is 11.9 Å². The maximum Gasteiger partial charge on any atom is 0.305 e. The molecule has 1 aliphatic heterocycles. The average molecular weight is 1090 g/mol. The largest absolute Gasteiger partial charge is 0.466 e. The first-order chi connectivity index (χ1) is 37.7. The van der Waals surface area contributed by atoms with Crippen LogP contribution in [0.25, 0.3) is 0 Å². The molecule has 77 heavy (non-hydrogen) atoms. The van der Waals surface area contributed by atoms with Crippen molar-refractivity contribution in [3.8, 4) is 0 Å². The first kappa shape index (κ1) is 72.6. The maximum absolute atomic E-state index is 13.0. The standard InChI is InChI=1S/C66H121NO10/c1-3-5-7-9-11-13-14-15-31-34-38-42-46-50-54-62(71)75-55-51-47-43-39-35-32-29-27-25-23-21-19-17-16-18-20-22-24-26-28-30-33-37-41-45-49-53-61(70)67-58(59(69)52-48-44-40-36-12-10-8-6-4-2)57-76-66-65(74)64(73)63(72)60(56-68)77-66/h4,6,12,16,18,36,48,52,58-60,63-66,68-69,72-74H,3,5,7-11,13-15,17,19-35,37-47,49-51,53-57H2,1-2H3,(H,67,70)/b6-4+,18-16-,36-12+,52-48+. The van der Waals surface area contributed by atoms with Crippen LogP contribution in [0.15, 0.2) is 48.6 Å². The topological polar surface area (TPSA) is 175 Å². The van der Waals surface area contributed by atoms with E-state index in [1.807, 2.05) is 19.1 Å². The van der Waals surface area contributed by atoms with Gasteiger partial charge in [0, 0.05) is 12.8 Å². The SMILES string of the molecule is C/C=C/CC/C=C/CC/C=C/C(O)C(COC1OC(CO)C(O)C(O)C1O)NC(=O)CCCCCCCCCCCC/C=C\CCCCCCCCCCCCCCOC(=O)CCCCCCCCCCCCCCCC. The van der Waals surface area contributed by atoms with Crippen LogP contribution in [-0.4, -0.2) is 100 Å². The van der Waals surface area contributed by atoms with E-state index in [1.165, 1.54) is 199 Å². The van der Waals surface area contributed by atoms with Crippen LogP contribution in [0, 0.1) is 0 Å². The molecule has 0 aromatic heterocycles. The highest BCUT2D eigenvalue weighted by molar-refractivity contribution is 5.76. The van der Waals surface area contributed by atoms with Crippen molar-refractivity contribution in [3.05, 3.63) is 48.6 Å². The zero-order chi connectivity index (χ0) is 55.9. The van der Waals surface area contributed by atoms with E-state index in [1.54, 1.807) is 6.08 Å². The molecule has 0 spiro atoms. The molecule has 0 aromatic rings. The number of carbonyl (C=O) groups is 2. The van der Waals surface area contributed by atoms with Crippen LogP contribution >= 0.6 is 0 Å². The molecule has 0 saturated carbocycles. The van der Waals surface area contributed by atoms with Crippen molar-refractivity contribution in [1.29, 1.82) is 0 Å². The third-order valence-corrected chi connectivity index (χ3v) is 15.2. The monoisotopic (exact) mass is 1090 g/mol. The maximum atomic E-state index is 13.0. The van der Waals surface area contributed by atoms with Crippen LogP contribution in [0.1, 0.15) is 296 Å². The summed E-state index contributed by atoms with van der Waals surface area (Å²) < 4.78 is 16.7. The first-order valence-electron chi connectivity index (χ1n) is 32.4. The van der Waals surface area contributed by atoms with Gasteiger partial charge in [-0.1, -0.05) is 255 Å². The van der Waals surface area contributed by atoms with Gasteiger partial charge in [0.1, 0.15) is 24.4 Å². The van der Waals surface area contributed by atoms with Gasteiger partial charge in [-0.25, -0.2) is 0 Å². The quantitative estimate of drug-likeness (QED) is 0.0195. The van der Waals surface area contributed by atoms with Gasteiger partial charge in [0.05, 0.1) is 32.0 Å². The van der Waals surface area contributed by atoms with Crippen LogP contribution in [0.5, 0.6) is 0 Å². The van der Waals surface area contributed by atoms with Gasteiger partial charge < -0.3 is 45.1 Å². The molecule has 0 radical (unpaired) electrons. The van der Waals surface area contributed by atoms with Crippen LogP contribution in [0.3, 0.4) is 0 Å². The molecule has 1 fully saturated rings. The van der Waals surface area contributed by atoms with E-state index in [0.29, 0.717) is 19.4 Å². The Hall–Kier alpha value is -2.38. The van der Waals surface area contributed by atoms with Crippen LogP contribution in [0.4, 0.5) is 0 Å². The fourth-order valence-electron chi connectivity index (χ4n) is 10.1. The minimum absolute atomic E-state index is 0.00565. The first-order valence-corrected chi connectivity index (χ1v) is 32.4. The molecule has 0 aromatic carbocycles. The van der Waals surface area contributed by atoms with E-state index in [2.05, 4.69) is 42.6 Å². The number of nitrogens with one attached hydrogen (secondary N) is 1. The van der Waals surface area contributed by atoms with Gasteiger partial charge in [0.25, 0.3) is 0 Å². The molecule has 450 valence electrons. The number of aliphatic hydroxyl groups is 5. The predicted molar refractivity (Wildman–Crippen MR) is 320 cm³/mol. The third-order valence-electron chi connectivity index (χ3n) is 15.2. The molecule has 1 aliphatic rings. The highest BCUT2D eigenvalue weighted by atomic mass is 16.7. The predicted octanol–water partition coefficient (Wildman–Crippen LogP) is 15.6. The number of aliphatic hydroxyl groups excluding tert-OH is 5. The van der Waals surface area contributed by atoms with Crippen LogP contribution in [0.2, 0.25) is 0 Å². The Balaban J connectivity index is 1.96. The van der Waals surface area contributed by atoms with Gasteiger partial charge in [-0.15, -0.1) is 0 Å². The minimum atomic E-state index is -1.58. The molecule has 6 N–H and O–H groups in total. The minimum Gasteiger partial charge on any atom is -0.466 e. The van der Waals surface area contributed by atoms with E-state index < -0.39 is 49.5 Å². The van der Waals surface area contributed by atoms with Gasteiger partial charge >= 0.3 is 5.97 Å². The molecule has 11 heteroatoms. The van der Waals surface area contributed by atoms with Crippen LogP contribution < -0.4 is 5.32 Å². The van der Waals surface area contributed by atoms with Gasteiger partial charge in [0.15, 0.2) is 6.29 Å². The van der Waals surface area contributed by atoms with Crippen molar-refractivity contribution in [3.63, 3.8) is 0 Å². The molecule has 7 unspecified atom stereocenters. The summed E-state index contributed by atoms with van der Waals surface area (Å²) in [5.74, 6) is -0.196. The number of rotatable bonds is 56. The summed E-state index contributed by atoms with van der Waals surface area (Å²) in [7, 11) is 0. The van der Waals surface area contributed by atoms with E-state index in [9.17, 15) is 35.1 Å². The van der Waals surface area contributed by atoms with Crippen molar-refractivity contribution in [1.82, 2.24) is 5.32 Å². The molecule has 7 atom stereocenters. The molecule has 0 aliphatic carbocycles. The van der Waals surface area contributed by atoms with E-state index >= 15 is 0 Å². The smallest absolute Gasteiger partial charge is 0.305 e. The highest BCUT2D eigenvalue weighted by Gasteiger charge is 2.44. The second-order valence-corrected chi connectivity index (χ2v) is 22.5. The van der Waals surface area contributed by atoms with E-state index in [4.69, 9.17) is 14.2 Å². The number of hydrogen-bond acceptors (Lipinski definition) is 10. The number of unbranched alkanes of at least 4 members (excludes halogenated alkanes) is 37. The number of hydrogen-bond donors (Lipinski definition) is 6. The highest BCUT2D eigenvalue weighted by Crippen LogP contribution is 2.23. The number of carbonyl (C=O) groups excluding carboxylic acids is 2. The van der Waals surface area contributed by atoms with Crippen molar-refractivity contribution in [2.45, 2.75) is 339 Å². The Morgan fingerprint density at radius 3 is 1.36 bits per heavy atom. The summed E-state index contributed by atoms with van der Waals surface area (Å²) in [4.78, 5) is 25.1. The van der Waals surface area contributed by atoms with Gasteiger partial charge in [-0.3, -0.25) is 9.59 Å². The lowest BCUT2D eigenvalue weighted by Gasteiger charge is -2.40. The Labute approximate surface area is 472 Å². The Kier molecular flexibility index (Phi) is 52.4. The summed E-state index contributed by atoms with van der Waals surface area (Å²) in [6.07, 6.45) is 61.2. The molecular weight excluding hydrogens is 967 g/mol. The molecule has 1 saturated heterocycles. The summed E-state index contributed by atoms with van der Waals surface area (Å²) in [5.41, 5.74) is 0. The number of amides is 1. The fourth-order valence-corrected chi connectivity index (χ4v) is 10.1. The summed E-state index contributed by atoms with van der Waals surface area (Å²) in [6.45, 7) is 4.10. The molecule has 0 bridgehead atoms. The lowest BCUT2D eigenvalue weighted by atomic mass is 9.99. The summed E-state index contributed by atoms with van der Waals surface area (Å²) in [6, 6.07) is -0.835. The van der Waals surface area contributed by atoms with E-state index in [0.717, 1.165) is 70.6 Å². The van der Waals surface area contributed by atoms with Gasteiger partial charge in [0.2, 0.25) is 5.91 Å². The zero-order valence-electron chi connectivity index (χ0n) is 49.7. The van der Waals surface area contributed by atoms with Crippen LogP contribution in [-0.2, 0) is 23.8 Å². The number of allylic oxidation sites excluding steroid dienone is 7. The number of esters is 1. The Bertz CT molecular complexity index is 1420. The molecule has 11 nitrogen and oxygen atoms in total. The lowest BCUT2D eigenvalue weighted by molar-refractivity contribution is -0.302. The third kappa shape index (κ3) is 45.0. The summed E-state index contributed by atoms with van der Waals surface area (Å²) >= 11 is 0. The average Bonchev–Trinajstić information content (AvgIpc) is 3.43. The van der Waals surface area contributed by atoms with Gasteiger partial charge in [-0.2, -0.15) is 0 Å². The number of ether oxygens (including phenoxy) is 3. The van der Waals surface area contributed by atoms with Crippen molar-refractivity contribution in [2.24, 2.45) is 0 Å². The molecular formula is C66H121NO10. The second-order valence-electron chi connectivity index (χ2n) is 22.5. The molecule has 1 heterocycles. The zero-order valence-corrected chi connectivity index (χ0v) is 49.7. The van der Waals surface area contributed by atoms with Crippen molar-refractivity contribution in [2.75, 3.05) is 19.8 Å². The normalized spacial score (nSPS) is 18.9. The summed E-state index contributed by atoms with van der Waals surface area (Å²) in [5, 5.41) is 54.2. The lowest BCUT2D eigenvalue weighted by Crippen LogP contribution is -2.60.